The van der Waals surface area contributed by atoms with Gasteiger partial charge in [0.25, 0.3) is 0 Å². The van der Waals surface area contributed by atoms with Crippen LogP contribution >= 0.6 is 0 Å². The minimum atomic E-state index is -0.643. The van der Waals surface area contributed by atoms with Gasteiger partial charge in [-0.1, -0.05) is 67.6 Å². The first-order chi connectivity index (χ1) is 15.5. The molecule has 1 aliphatic rings. The molecule has 2 N–H and O–H groups in total. The Kier molecular flexibility index (Phi) is 8.82. The van der Waals surface area contributed by atoms with E-state index in [1.54, 1.807) is 19.1 Å². The van der Waals surface area contributed by atoms with E-state index in [4.69, 9.17) is 4.74 Å². The van der Waals surface area contributed by atoms with Crippen LogP contribution in [0.3, 0.4) is 0 Å². The number of carbonyl (C=O) groups excluding carboxylic acids is 2. The maximum absolute atomic E-state index is 13.4. The van der Waals surface area contributed by atoms with E-state index >= 15 is 0 Å². The summed E-state index contributed by atoms with van der Waals surface area (Å²) in [6, 6.07) is 19.2. The van der Waals surface area contributed by atoms with E-state index < -0.39 is 6.04 Å². The minimum Gasteiger partial charge on any atom is -0.379 e. The highest BCUT2D eigenvalue weighted by molar-refractivity contribution is 5.88. The Balaban J connectivity index is 1.72. The van der Waals surface area contributed by atoms with E-state index in [1.807, 2.05) is 67.6 Å². The van der Waals surface area contributed by atoms with Gasteiger partial charge in [0.2, 0.25) is 11.8 Å². The number of hydrogen-bond acceptors (Lipinski definition) is 4. The highest BCUT2D eigenvalue weighted by atomic mass is 16.5. The zero-order valence-electron chi connectivity index (χ0n) is 19.3. The van der Waals surface area contributed by atoms with Crippen molar-refractivity contribution >= 4 is 11.8 Å². The van der Waals surface area contributed by atoms with Crippen LogP contribution in [0.2, 0.25) is 0 Å². The summed E-state index contributed by atoms with van der Waals surface area (Å²) < 4.78 is 5.69. The summed E-state index contributed by atoms with van der Waals surface area (Å²) in [5.74, 6) is -0.639. The van der Waals surface area contributed by atoms with Crippen molar-refractivity contribution in [1.82, 2.24) is 15.5 Å². The van der Waals surface area contributed by atoms with E-state index in [2.05, 4.69) is 10.6 Å². The van der Waals surface area contributed by atoms with Crippen LogP contribution < -0.4 is 10.6 Å². The standard InChI is InChI=1S/C26H35N3O3/c1-19(24(32-3)22-15-10-16-27-22)25(30)28-23(17-20-11-6-4-7-12-20)26(31)29(2)18-21-13-8-5-9-14-21/h4-9,11-14,19,22-24,27H,10,15-18H2,1-3H3,(H,28,30)/t19-,22+,23+,24-/m1/s1. The van der Waals surface area contributed by atoms with E-state index in [0.29, 0.717) is 13.0 Å². The van der Waals surface area contributed by atoms with Crippen molar-refractivity contribution in [2.24, 2.45) is 5.92 Å². The van der Waals surface area contributed by atoms with Gasteiger partial charge in [-0.15, -0.1) is 0 Å². The fourth-order valence-corrected chi connectivity index (χ4v) is 4.41. The highest BCUT2D eigenvalue weighted by Gasteiger charge is 2.35. The fourth-order valence-electron chi connectivity index (χ4n) is 4.41. The molecule has 0 radical (unpaired) electrons. The summed E-state index contributed by atoms with van der Waals surface area (Å²) in [5, 5.41) is 6.46. The second-order valence-electron chi connectivity index (χ2n) is 8.62. The number of nitrogens with one attached hydrogen (secondary N) is 2. The maximum atomic E-state index is 13.4. The van der Waals surface area contributed by atoms with Crippen LogP contribution in [0.4, 0.5) is 0 Å². The highest BCUT2D eigenvalue weighted by Crippen LogP contribution is 2.19. The van der Waals surface area contributed by atoms with Crippen LogP contribution in [-0.4, -0.2) is 55.6 Å². The van der Waals surface area contributed by atoms with Gasteiger partial charge in [0.05, 0.1) is 12.0 Å². The van der Waals surface area contributed by atoms with Gasteiger partial charge in [-0.25, -0.2) is 0 Å². The number of hydrogen-bond donors (Lipinski definition) is 2. The Hall–Kier alpha value is -2.70. The second kappa shape index (κ2) is 11.8. The van der Waals surface area contributed by atoms with E-state index in [0.717, 1.165) is 30.5 Å². The van der Waals surface area contributed by atoms with E-state index in [9.17, 15) is 9.59 Å². The molecule has 0 aromatic heterocycles. The summed E-state index contributed by atoms with van der Waals surface area (Å²) in [7, 11) is 3.43. The van der Waals surface area contributed by atoms with Crippen LogP contribution in [0.25, 0.3) is 0 Å². The molecular formula is C26H35N3O3. The molecule has 0 bridgehead atoms. The van der Waals surface area contributed by atoms with Gasteiger partial charge in [-0.05, 0) is 30.5 Å². The van der Waals surface area contributed by atoms with Crippen molar-refractivity contribution in [3.8, 4) is 0 Å². The maximum Gasteiger partial charge on any atom is 0.245 e. The molecule has 2 aromatic rings. The summed E-state index contributed by atoms with van der Waals surface area (Å²) in [4.78, 5) is 28.3. The average Bonchev–Trinajstić information content (AvgIpc) is 3.34. The van der Waals surface area contributed by atoms with Crippen molar-refractivity contribution in [1.29, 1.82) is 0 Å². The van der Waals surface area contributed by atoms with Crippen molar-refractivity contribution in [3.63, 3.8) is 0 Å². The molecule has 172 valence electrons. The Morgan fingerprint density at radius 1 is 1.09 bits per heavy atom. The predicted molar refractivity (Wildman–Crippen MR) is 126 cm³/mol. The van der Waals surface area contributed by atoms with Gasteiger partial charge < -0.3 is 20.3 Å². The largest absolute Gasteiger partial charge is 0.379 e. The fraction of sp³-hybridized carbons (Fsp3) is 0.462. The summed E-state index contributed by atoms with van der Waals surface area (Å²) >= 11 is 0. The molecule has 6 heteroatoms. The summed E-state index contributed by atoms with van der Waals surface area (Å²) in [5.41, 5.74) is 2.06. The van der Waals surface area contributed by atoms with Gasteiger partial charge >= 0.3 is 0 Å². The summed E-state index contributed by atoms with van der Waals surface area (Å²) in [6.07, 6.45) is 2.28. The molecule has 4 atom stereocenters. The molecule has 6 nitrogen and oxygen atoms in total. The molecule has 1 fully saturated rings. The zero-order valence-corrected chi connectivity index (χ0v) is 19.3. The molecule has 3 rings (SSSR count). The number of nitrogens with zero attached hydrogens (tertiary/aromatic N) is 1. The molecular weight excluding hydrogens is 402 g/mol. The van der Waals surface area contributed by atoms with Gasteiger partial charge in [-0.3, -0.25) is 9.59 Å². The molecule has 0 unspecified atom stereocenters. The lowest BCUT2D eigenvalue weighted by Crippen LogP contribution is -2.53. The topological polar surface area (TPSA) is 70.7 Å². The number of carbonyl (C=O) groups is 2. The molecule has 32 heavy (non-hydrogen) atoms. The van der Waals surface area contributed by atoms with Gasteiger partial charge in [0.1, 0.15) is 6.04 Å². The summed E-state index contributed by atoms with van der Waals surface area (Å²) in [6.45, 7) is 3.31. The number of methoxy groups -OCH3 is 1. The number of amides is 2. The zero-order chi connectivity index (χ0) is 22.9. The van der Waals surface area contributed by atoms with Crippen molar-refractivity contribution in [2.75, 3.05) is 20.7 Å². The number of ether oxygens (including phenoxy) is 1. The Labute approximate surface area is 191 Å². The quantitative estimate of drug-likeness (QED) is 0.600. The molecule has 0 aliphatic carbocycles. The molecule has 2 aromatic carbocycles. The Morgan fingerprint density at radius 3 is 2.28 bits per heavy atom. The van der Waals surface area contributed by atoms with E-state index in [-0.39, 0.29) is 29.9 Å². The first-order valence-corrected chi connectivity index (χ1v) is 11.4. The normalized spacial score (nSPS) is 18.5. The van der Waals surface area contributed by atoms with Gasteiger partial charge in [-0.2, -0.15) is 0 Å². The van der Waals surface area contributed by atoms with Crippen molar-refractivity contribution in [3.05, 3.63) is 71.8 Å². The van der Waals surface area contributed by atoms with Crippen LogP contribution in [0.15, 0.2) is 60.7 Å². The second-order valence-corrected chi connectivity index (χ2v) is 8.62. The first-order valence-electron chi connectivity index (χ1n) is 11.4. The molecule has 2 amide bonds. The Morgan fingerprint density at radius 2 is 1.72 bits per heavy atom. The number of rotatable bonds is 10. The number of likely N-dealkylation sites (N-methyl/N-ethyl adjacent to an activating group) is 1. The van der Waals surface area contributed by atoms with Crippen LogP contribution in [-0.2, 0) is 27.3 Å². The molecule has 1 saturated heterocycles. The SMILES string of the molecule is CO[C@@H]([C@@H]1CCCN1)[C@@H](C)C(=O)N[C@@H](Cc1ccccc1)C(=O)N(C)Cc1ccccc1. The van der Waals surface area contributed by atoms with Gasteiger partial charge in [0, 0.05) is 33.2 Å². The lowest BCUT2D eigenvalue weighted by Gasteiger charge is -2.30. The van der Waals surface area contributed by atoms with E-state index in [1.165, 1.54) is 0 Å². The van der Waals surface area contributed by atoms with Crippen molar-refractivity contribution in [2.45, 2.75) is 50.9 Å². The molecule has 0 spiro atoms. The third-order valence-electron chi connectivity index (χ3n) is 6.21. The van der Waals surface area contributed by atoms with Gasteiger partial charge in [0.15, 0.2) is 0 Å². The average molecular weight is 438 g/mol. The lowest BCUT2D eigenvalue weighted by atomic mass is 9.94. The monoisotopic (exact) mass is 437 g/mol. The molecule has 0 saturated carbocycles. The minimum absolute atomic E-state index is 0.105. The molecule has 1 heterocycles. The first kappa shape index (κ1) is 24.0. The van der Waals surface area contributed by atoms with Crippen LogP contribution in [0.1, 0.15) is 30.9 Å². The third-order valence-corrected chi connectivity index (χ3v) is 6.21. The molecule has 1 aliphatic heterocycles. The predicted octanol–water partition coefficient (Wildman–Crippen LogP) is 2.78. The van der Waals surface area contributed by atoms with Crippen LogP contribution in [0.5, 0.6) is 0 Å². The Bertz CT molecular complexity index is 853. The lowest BCUT2D eigenvalue weighted by molar-refractivity contribution is -0.138. The third kappa shape index (κ3) is 6.40. The van der Waals surface area contributed by atoms with Crippen molar-refractivity contribution < 1.29 is 14.3 Å². The number of benzene rings is 2. The smallest absolute Gasteiger partial charge is 0.245 e. The van der Waals surface area contributed by atoms with Crippen LogP contribution in [0, 0.1) is 5.92 Å².